The maximum atomic E-state index is 12.7. The van der Waals surface area contributed by atoms with E-state index < -0.39 is 10.8 Å². The number of phenols is 1. The first kappa shape index (κ1) is 17.5. The van der Waals surface area contributed by atoms with Crippen LogP contribution in [0.4, 0.5) is 5.69 Å². The van der Waals surface area contributed by atoms with Gasteiger partial charge in [0.15, 0.2) is 0 Å². The van der Waals surface area contributed by atoms with E-state index in [2.05, 4.69) is 4.90 Å². The molecule has 3 rings (SSSR count). The third kappa shape index (κ3) is 4.20. The summed E-state index contributed by atoms with van der Waals surface area (Å²) in [6.45, 7) is 2.58. The van der Waals surface area contributed by atoms with Gasteiger partial charge in [0, 0.05) is 54.6 Å². The number of para-hydroxylation sites is 2. The van der Waals surface area contributed by atoms with Gasteiger partial charge in [0.25, 0.3) is 5.91 Å². The highest BCUT2D eigenvalue weighted by atomic mass is 32.2. The van der Waals surface area contributed by atoms with Gasteiger partial charge in [-0.05, 0) is 29.8 Å². The van der Waals surface area contributed by atoms with Crippen LogP contribution >= 0.6 is 0 Å². The summed E-state index contributed by atoms with van der Waals surface area (Å²) in [5, 5.41) is 9.97. The fourth-order valence-electron chi connectivity index (χ4n) is 3.09. The average molecular weight is 358 g/mol. The van der Waals surface area contributed by atoms with Crippen molar-refractivity contribution in [3.05, 3.63) is 59.7 Å². The average Bonchev–Trinajstić information content (AvgIpc) is 2.61. The molecule has 0 aliphatic carbocycles. The lowest BCUT2D eigenvalue weighted by molar-refractivity contribution is 0.0746. The number of phenolic OH excluding ortho intramolecular Hbond substituents is 1. The minimum atomic E-state index is -0.926. The van der Waals surface area contributed by atoms with Crippen LogP contribution in [-0.2, 0) is 16.6 Å². The fraction of sp³-hybridized carbons (Fsp3) is 0.316. The number of nitrogens with zero attached hydrogens (tertiary/aromatic N) is 2. The highest BCUT2D eigenvalue weighted by Crippen LogP contribution is 2.27. The van der Waals surface area contributed by atoms with Crippen molar-refractivity contribution in [3.63, 3.8) is 0 Å². The fourth-order valence-corrected chi connectivity index (χ4v) is 3.74. The molecule has 1 aliphatic rings. The van der Waals surface area contributed by atoms with Crippen molar-refractivity contribution in [2.24, 2.45) is 0 Å². The van der Waals surface area contributed by atoms with Gasteiger partial charge in [-0.25, -0.2) is 0 Å². The molecule has 1 fully saturated rings. The molecule has 0 unspecified atom stereocenters. The van der Waals surface area contributed by atoms with Gasteiger partial charge < -0.3 is 14.9 Å². The van der Waals surface area contributed by atoms with Crippen LogP contribution in [0.3, 0.4) is 0 Å². The summed E-state index contributed by atoms with van der Waals surface area (Å²) in [6, 6.07) is 14.6. The molecule has 0 spiro atoms. The maximum Gasteiger partial charge on any atom is 0.253 e. The predicted molar refractivity (Wildman–Crippen MR) is 100 cm³/mol. The Morgan fingerprint density at radius 2 is 1.80 bits per heavy atom. The van der Waals surface area contributed by atoms with Gasteiger partial charge in [0.05, 0.1) is 5.69 Å². The summed E-state index contributed by atoms with van der Waals surface area (Å²) in [5.41, 5.74) is 2.36. The van der Waals surface area contributed by atoms with Gasteiger partial charge >= 0.3 is 0 Å². The van der Waals surface area contributed by atoms with Crippen molar-refractivity contribution >= 4 is 22.4 Å². The highest BCUT2D eigenvalue weighted by molar-refractivity contribution is 7.83. The number of benzene rings is 2. The molecule has 25 heavy (non-hydrogen) atoms. The first-order valence-electron chi connectivity index (χ1n) is 8.26. The Hall–Kier alpha value is -2.34. The van der Waals surface area contributed by atoms with Crippen LogP contribution in [0.2, 0.25) is 0 Å². The molecular formula is C19H22N2O3S. The Morgan fingerprint density at radius 1 is 1.08 bits per heavy atom. The number of aromatic hydroxyl groups is 1. The second kappa shape index (κ2) is 7.70. The van der Waals surface area contributed by atoms with E-state index >= 15 is 0 Å². The molecule has 132 valence electrons. The summed E-state index contributed by atoms with van der Waals surface area (Å²) in [6.07, 6.45) is 1.66. The minimum absolute atomic E-state index is 0.000619. The molecule has 5 nitrogen and oxygen atoms in total. The quantitative estimate of drug-likeness (QED) is 0.911. The van der Waals surface area contributed by atoms with E-state index in [0.29, 0.717) is 37.5 Å². The Balaban J connectivity index is 1.66. The van der Waals surface area contributed by atoms with Crippen LogP contribution in [0.1, 0.15) is 15.9 Å². The standard InChI is InChI=1S/C19H22N2O3S/c1-25(24)14-15-5-4-6-16(13-15)19(23)21-11-9-20(10-12-21)17-7-2-3-8-18(17)22/h2-8,13,22H,9-12,14H2,1H3/t25-/m0/s1. The van der Waals surface area contributed by atoms with Gasteiger partial charge in [0.2, 0.25) is 0 Å². The van der Waals surface area contributed by atoms with E-state index in [9.17, 15) is 14.1 Å². The number of hydrogen-bond donors (Lipinski definition) is 1. The first-order valence-corrected chi connectivity index (χ1v) is 9.98. The number of carbonyl (C=O) groups excluding carboxylic acids is 1. The molecule has 1 saturated heterocycles. The monoisotopic (exact) mass is 358 g/mol. The van der Waals surface area contributed by atoms with E-state index in [1.54, 1.807) is 24.5 Å². The second-order valence-electron chi connectivity index (χ2n) is 6.19. The molecule has 1 heterocycles. The van der Waals surface area contributed by atoms with Crippen molar-refractivity contribution in [1.29, 1.82) is 0 Å². The zero-order chi connectivity index (χ0) is 17.8. The Labute approximate surface area is 150 Å². The van der Waals surface area contributed by atoms with Crippen LogP contribution < -0.4 is 4.90 Å². The van der Waals surface area contributed by atoms with Crippen molar-refractivity contribution in [2.45, 2.75) is 5.75 Å². The van der Waals surface area contributed by atoms with Crippen LogP contribution in [0.5, 0.6) is 5.75 Å². The molecule has 2 aromatic carbocycles. The summed E-state index contributed by atoms with van der Waals surface area (Å²) >= 11 is 0. The van der Waals surface area contributed by atoms with Gasteiger partial charge in [-0.15, -0.1) is 0 Å². The molecule has 2 aromatic rings. The molecule has 1 aliphatic heterocycles. The van der Waals surface area contributed by atoms with Crippen molar-refractivity contribution in [3.8, 4) is 5.75 Å². The lowest BCUT2D eigenvalue weighted by Crippen LogP contribution is -2.48. The summed E-state index contributed by atoms with van der Waals surface area (Å²) in [4.78, 5) is 16.7. The van der Waals surface area contributed by atoms with Crippen LogP contribution in [0, 0.1) is 0 Å². The highest BCUT2D eigenvalue weighted by Gasteiger charge is 2.23. The van der Waals surface area contributed by atoms with E-state index in [-0.39, 0.29) is 11.7 Å². The smallest absolute Gasteiger partial charge is 0.253 e. The van der Waals surface area contributed by atoms with E-state index in [4.69, 9.17) is 0 Å². The molecule has 0 saturated carbocycles. The van der Waals surface area contributed by atoms with E-state index in [1.807, 2.05) is 35.2 Å². The number of amides is 1. The van der Waals surface area contributed by atoms with E-state index in [0.717, 1.165) is 11.3 Å². The summed E-state index contributed by atoms with van der Waals surface area (Å²) in [7, 11) is -0.926. The van der Waals surface area contributed by atoms with Gasteiger partial charge in [-0.1, -0.05) is 24.3 Å². The van der Waals surface area contributed by atoms with Gasteiger partial charge in [-0.2, -0.15) is 0 Å². The lowest BCUT2D eigenvalue weighted by atomic mass is 10.1. The molecule has 1 N–H and O–H groups in total. The third-order valence-corrected chi connectivity index (χ3v) is 5.07. The Kier molecular flexibility index (Phi) is 5.38. The molecule has 6 heteroatoms. The molecule has 1 atom stereocenters. The normalized spacial score (nSPS) is 15.9. The number of rotatable bonds is 4. The number of anilines is 1. The minimum Gasteiger partial charge on any atom is -0.506 e. The third-order valence-electron chi connectivity index (χ3n) is 4.33. The lowest BCUT2D eigenvalue weighted by Gasteiger charge is -2.36. The molecule has 0 bridgehead atoms. The van der Waals surface area contributed by atoms with Crippen molar-refractivity contribution in [1.82, 2.24) is 4.90 Å². The maximum absolute atomic E-state index is 12.7. The molecular weight excluding hydrogens is 336 g/mol. The van der Waals surface area contributed by atoms with Gasteiger partial charge in [0.1, 0.15) is 5.75 Å². The van der Waals surface area contributed by atoms with E-state index in [1.165, 1.54) is 0 Å². The predicted octanol–water partition coefficient (Wildman–Crippen LogP) is 2.23. The Bertz CT molecular complexity index is 786. The number of piperazine rings is 1. The molecule has 0 radical (unpaired) electrons. The zero-order valence-electron chi connectivity index (χ0n) is 14.2. The summed E-state index contributed by atoms with van der Waals surface area (Å²) < 4.78 is 11.4. The SMILES string of the molecule is C[S@](=O)Cc1cccc(C(=O)N2CCN(c3ccccc3O)CC2)c1. The largest absolute Gasteiger partial charge is 0.506 e. The van der Waals surface area contributed by atoms with Crippen LogP contribution in [-0.4, -0.2) is 52.6 Å². The molecule has 0 aromatic heterocycles. The van der Waals surface area contributed by atoms with Crippen molar-refractivity contribution < 1.29 is 14.1 Å². The summed E-state index contributed by atoms with van der Waals surface area (Å²) in [5.74, 6) is 0.727. The molecule has 1 amide bonds. The zero-order valence-corrected chi connectivity index (χ0v) is 15.0. The number of hydrogen-bond acceptors (Lipinski definition) is 4. The first-order chi connectivity index (χ1) is 12.0. The number of carbonyl (C=O) groups is 1. The Morgan fingerprint density at radius 3 is 2.48 bits per heavy atom. The second-order valence-corrected chi connectivity index (χ2v) is 7.62. The van der Waals surface area contributed by atoms with Gasteiger partial charge in [-0.3, -0.25) is 9.00 Å². The topological polar surface area (TPSA) is 60.9 Å². The van der Waals surface area contributed by atoms with Crippen LogP contribution in [0.15, 0.2) is 48.5 Å². The van der Waals surface area contributed by atoms with Crippen LogP contribution in [0.25, 0.3) is 0 Å². The van der Waals surface area contributed by atoms with Crippen molar-refractivity contribution in [2.75, 3.05) is 37.3 Å².